The Balaban J connectivity index is 1.58. The number of benzene rings is 1. The minimum absolute atomic E-state index is 0.0825. The summed E-state index contributed by atoms with van der Waals surface area (Å²) >= 11 is 0. The number of carbonyl (C=O) groups is 1. The van der Waals surface area contributed by atoms with Gasteiger partial charge in [-0.2, -0.15) is 5.26 Å². The van der Waals surface area contributed by atoms with E-state index in [0.29, 0.717) is 5.69 Å². The SMILES string of the molecule is C[C@H]1C2(C)C=CC(C)(O2)[C@H](C)C1(O)c1ccc(NC(=O)c2ncc(C#N)[nH]2)c(C2=CCC(C)(C)CC2)c1. The molecule has 2 aliphatic heterocycles. The van der Waals surface area contributed by atoms with E-state index >= 15 is 0 Å². The first-order chi connectivity index (χ1) is 17.3. The third kappa shape index (κ3) is 4.03. The second kappa shape index (κ2) is 8.41. The van der Waals surface area contributed by atoms with Crippen LogP contribution in [0, 0.1) is 28.6 Å². The molecule has 2 bridgehead atoms. The number of carbonyl (C=O) groups excluding carboxylic acids is 1. The van der Waals surface area contributed by atoms with Gasteiger partial charge in [0.25, 0.3) is 5.91 Å². The lowest BCUT2D eigenvalue weighted by atomic mass is 9.62. The van der Waals surface area contributed by atoms with E-state index in [1.807, 2.05) is 52.0 Å². The Morgan fingerprint density at radius 2 is 1.86 bits per heavy atom. The second-order valence-corrected chi connectivity index (χ2v) is 12.1. The van der Waals surface area contributed by atoms with Gasteiger partial charge >= 0.3 is 0 Å². The molecule has 3 heterocycles. The van der Waals surface area contributed by atoms with Gasteiger partial charge in [-0.1, -0.05) is 52.0 Å². The molecule has 1 amide bonds. The van der Waals surface area contributed by atoms with Crippen molar-refractivity contribution in [3.63, 3.8) is 0 Å². The van der Waals surface area contributed by atoms with E-state index in [-0.39, 0.29) is 28.8 Å². The van der Waals surface area contributed by atoms with E-state index in [9.17, 15) is 9.90 Å². The Kier molecular flexibility index (Phi) is 5.78. The molecule has 1 saturated heterocycles. The number of aliphatic hydroxyl groups is 1. The van der Waals surface area contributed by atoms with Crippen LogP contribution in [-0.2, 0) is 10.3 Å². The molecule has 2 unspecified atom stereocenters. The lowest BCUT2D eigenvalue weighted by Crippen LogP contribution is -2.61. The molecule has 0 radical (unpaired) electrons. The predicted octanol–water partition coefficient (Wildman–Crippen LogP) is 5.70. The first-order valence-electron chi connectivity index (χ1n) is 13.0. The average Bonchev–Trinajstić information content (AvgIpc) is 3.47. The number of hydrogen-bond donors (Lipinski definition) is 3. The average molecular weight is 501 g/mol. The molecule has 7 heteroatoms. The molecule has 3 aliphatic rings. The van der Waals surface area contributed by atoms with Crippen molar-refractivity contribution in [2.45, 2.75) is 77.6 Å². The third-order valence-electron chi connectivity index (χ3n) is 9.18. The van der Waals surface area contributed by atoms with Gasteiger partial charge in [-0.25, -0.2) is 4.98 Å². The summed E-state index contributed by atoms with van der Waals surface area (Å²) < 4.78 is 6.45. The Labute approximate surface area is 218 Å². The number of aromatic amines is 1. The number of amides is 1. The van der Waals surface area contributed by atoms with Crippen molar-refractivity contribution in [2.24, 2.45) is 17.3 Å². The van der Waals surface area contributed by atoms with Crippen molar-refractivity contribution < 1.29 is 14.6 Å². The molecule has 0 saturated carbocycles. The molecule has 194 valence electrons. The van der Waals surface area contributed by atoms with E-state index in [2.05, 4.69) is 47.4 Å². The second-order valence-electron chi connectivity index (χ2n) is 12.1. The maximum Gasteiger partial charge on any atom is 0.291 e. The summed E-state index contributed by atoms with van der Waals surface area (Å²) in [6.07, 6.45) is 10.6. The summed E-state index contributed by atoms with van der Waals surface area (Å²) in [7, 11) is 0. The van der Waals surface area contributed by atoms with Crippen molar-refractivity contribution in [3.05, 3.63) is 65.3 Å². The summed E-state index contributed by atoms with van der Waals surface area (Å²) in [5.41, 5.74) is 1.70. The Bertz CT molecular complexity index is 1340. The maximum absolute atomic E-state index is 13.0. The van der Waals surface area contributed by atoms with Crippen molar-refractivity contribution in [1.29, 1.82) is 5.26 Å². The number of nitrogens with one attached hydrogen (secondary N) is 2. The lowest BCUT2D eigenvalue weighted by Gasteiger charge is -2.55. The summed E-state index contributed by atoms with van der Waals surface area (Å²) in [4.78, 5) is 19.8. The standard InChI is InChI=1S/C30H36N4O3/c1-18-28(5)13-14-29(6,37-28)19(2)30(18,36)21-7-8-24(34-26(35)25-32-17-22(16-31)33-25)23(15-21)20-9-11-27(3,4)12-10-20/h7-9,13-15,17-19,36H,10-12H2,1-6H3,(H,32,33)(H,34,35)/t18-,19-,28?,29?,30?/m0/s1. The quantitative estimate of drug-likeness (QED) is 0.466. The molecule has 7 nitrogen and oxygen atoms in total. The largest absolute Gasteiger partial charge is 0.384 e. The monoisotopic (exact) mass is 500 g/mol. The van der Waals surface area contributed by atoms with Gasteiger partial charge in [0.2, 0.25) is 0 Å². The number of ether oxygens (including phenoxy) is 1. The number of nitrogens with zero attached hydrogens (tertiary/aromatic N) is 2. The minimum atomic E-state index is -1.14. The number of anilines is 1. The number of hydrogen-bond acceptors (Lipinski definition) is 5. The highest BCUT2D eigenvalue weighted by atomic mass is 16.5. The topological polar surface area (TPSA) is 111 Å². The summed E-state index contributed by atoms with van der Waals surface area (Å²) in [5.74, 6) is -0.719. The number of H-pyrrole nitrogens is 1. The van der Waals surface area contributed by atoms with Gasteiger partial charge < -0.3 is 20.1 Å². The number of fused-ring (bicyclic) bond motifs is 2. The maximum atomic E-state index is 13.0. The van der Waals surface area contributed by atoms with Crippen LogP contribution in [0.4, 0.5) is 5.69 Å². The highest BCUT2D eigenvalue weighted by molar-refractivity contribution is 6.03. The Morgan fingerprint density at radius 3 is 2.43 bits per heavy atom. The molecule has 0 spiro atoms. The molecule has 5 rings (SSSR count). The zero-order valence-corrected chi connectivity index (χ0v) is 22.5. The van der Waals surface area contributed by atoms with Crippen LogP contribution in [0.3, 0.4) is 0 Å². The van der Waals surface area contributed by atoms with E-state index in [0.717, 1.165) is 36.0 Å². The van der Waals surface area contributed by atoms with Crippen molar-refractivity contribution >= 4 is 17.2 Å². The highest BCUT2D eigenvalue weighted by Crippen LogP contribution is 2.58. The Morgan fingerprint density at radius 1 is 1.19 bits per heavy atom. The fraction of sp³-hybridized carbons (Fsp3) is 0.500. The summed E-state index contributed by atoms with van der Waals surface area (Å²) in [5, 5.41) is 24.5. The first-order valence-corrected chi connectivity index (χ1v) is 13.0. The molecule has 2 aromatic rings. The molecule has 1 aliphatic carbocycles. The molecular formula is C30H36N4O3. The first kappa shape index (κ1) is 25.4. The van der Waals surface area contributed by atoms with Gasteiger partial charge in [-0.05, 0) is 61.8 Å². The van der Waals surface area contributed by atoms with Crippen LogP contribution >= 0.6 is 0 Å². The number of nitriles is 1. The molecule has 37 heavy (non-hydrogen) atoms. The predicted molar refractivity (Wildman–Crippen MR) is 143 cm³/mol. The fourth-order valence-corrected chi connectivity index (χ4v) is 6.25. The zero-order valence-electron chi connectivity index (χ0n) is 22.5. The normalized spacial score (nSPS) is 34.1. The van der Waals surface area contributed by atoms with Crippen LogP contribution in [-0.4, -0.2) is 32.2 Å². The van der Waals surface area contributed by atoms with E-state index in [4.69, 9.17) is 10.00 Å². The number of imidazole rings is 1. The van der Waals surface area contributed by atoms with Gasteiger partial charge in [0.05, 0.1) is 17.4 Å². The molecule has 3 N–H and O–H groups in total. The van der Waals surface area contributed by atoms with Crippen LogP contribution in [0.5, 0.6) is 0 Å². The van der Waals surface area contributed by atoms with Gasteiger partial charge in [-0.15, -0.1) is 0 Å². The number of rotatable bonds is 4. The molecule has 1 fully saturated rings. The van der Waals surface area contributed by atoms with E-state index < -0.39 is 22.7 Å². The van der Waals surface area contributed by atoms with Crippen LogP contribution < -0.4 is 5.32 Å². The Hall–Kier alpha value is -3.21. The van der Waals surface area contributed by atoms with Gasteiger partial charge in [0.1, 0.15) is 17.4 Å². The van der Waals surface area contributed by atoms with Crippen LogP contribution in [0.2, 0.25) is 0 Å². The van der Waals surface area contributed by atoms with E-state index in [1.165, 1.54) is 6.20 Å². The molecular weight excluding hydrogens is 464 g/mol. The van der Waals surface area contributed by atoms with Gasteiger partial charge in [0.15, 0.2) is 5.82 Å². The molecule has 1 aromatic carbocycles. The van der Waals surface area contributed by atoms with Crippen molar-refractivity contribution in [2.75, 3.05) is 5.32 Å². The third-order valence-corrected chi connectivity index (χ3v) is 9.18. The smallest absolute Gasteiger partial charge is 0.291 e. The molecule has 1 aromatic heterocycles. The fourth-order valence-electron chi connectivity index (χ4n) is 6.25. The van der Waals surface area contributed by atoms with Crippen molar-refractivity contribution in [1.82, 2.24) is 9.97 Å². The van der Waals surface area contributed by atoms with E-state index in [1.54, 1.807) is 0 Å². The number of aromatic nitrogens is 2. The van der Waals surface area contributed by atoms with Crippen LogP contribution in [0.25, 0.3) is 5.57 Å². The van der Waals surface area contributed by atoms with Crippen LogP contribution in [0.1, 0.15) is 88.2 Å². The zero-order chi connectivity index (χ0) is 26.8. The van der Waals surface area contributed by atoms with Crippen LogP contribution in [0.15, 0.2) is 42.6 Å². The highest BCUT2D eigenvalue weighted by Gasteiger charge is 2.63. The van der Waals surface area contributed by atoms with Crippen molar-refractivity contribution in [3.8, 4) is 6.07 Å². The summed E-state index contributed by atoms with van der Waals surface area (Å²) in [6.45, 7) is 12.7. The number of allylic oxidation sites excluding steroid dienone is 2. The minimum Gasteiger partial charge on any atom is -0.384 e. The molecule has 4 atom stereocenters. The summed E-state index contributed by atoms with van der Waals surface area (Å²) in [6, 6.07) is 7.81. The lowest BCUT2D eigenvalue weighted by molar-refractivity contribution is -0.257. The van der Waals surface area contributed by atoms with Gasteiger partial charge in [-0.3, -0.25) is 4.79 Å². The van der Waals surface area contributed by atoms with Gasteiger partial charge in [0, 0.05) is 23.1 Å².